The van der Waals surface area contributed by atoms with E-state index in [0.29, 0.717) is 5.56 Å². The van der Waals surface area contributed by atoms with E-state index >= 15 is 0 Å². The first-order valence-electron chi connectivity index (χ1n) is 6.93. The molecule has 0 spiro atoms. The van der Waals surface area contributed by atoms with Crippen molar-refractivity contribution in [1.82, 2.24) is 0 Å². The minimum atomic E-state index is 0.119. The Kier molecular flexibility index (Phi) is 3.37. The standard InChI is InChI=1S/C18H15NO2/c19-11-15-10-17(21)9-14-8-13(2-1-3-18(14)15)12-4-6-16(20)7-5-12/h4-10,20-21H,1-3H2. The summed E-state index contributed by atoms with van der Waals surface area (Å²) in [6.07, 6.45) is 4.73. The summed E-state index contributed by atoms with van der Waals surface area (Å²) in [4.78, 5) is 0. The second-order valence-electron chi connectivity index (χ2n) is 5.24. The number of phenols is 2. The van der Waals surface area contributed by atoms with Crippen LogP contribution in [0.3, 0.4) is 0 Å². The molecule has 0 bridgehead atoms. The molecule has 0 saturated carbocycles. The Bertz CT molecular complexity index is 752. The molecule has 3 heteroatoms. The van der Waals surface area contributed by atoms with Gasteiger partial charge in [-0.1, -0.05) is 18.2 Å². The Balaban J connectivity index is 2.11. The van der Waals surface area contributed by atoms with Crippen molar-refractivity contribution in [3.8, 4) is 17.6 Å². The maximum atomic E-state index is 9.77. The summed E-state index contributed by atoms with van der Waals surface area (Å²) < 4.78 is 0. The van der Waals surface area contributed by atoms with Gasteiger partial charge in [0.2, 0.25) is 0 Å². The maximum absolute atomic E-state index is 9.77. The minimum absolute atomic E-state index is 0.119. The molecule has 0 atom stereocenters. The molecule has 0 saturated heterocycles. The first-order valence-corrected chi connectivity index (χ1v) is 6.93. The molecule has 3 rings (SSSR count). The van der Waals surface area contributed by atoms with Crippen LogP contribution in [-0.4, -0.2) is 10.2 Å². The van der Waals surface area contributed by atoms with Crippen molar-refractivity contribution in [1.29, 1.82) is 5.26 Å². The van der Waals surface area contributed by atoms with Gasteiger partial charge in [0.05, 0.1) is 11.6 Å². The number of phenolic OH excluding ortho intramolecular Hbond substituents is 2. The van der Waals surface area contributed by atoms with Crippen molar-refractivity contribution < 1.29 is 10.2 Å². The largest absolute Gasteiger partial charge is 0.508 e. The van der Waals surface area contributed by atoms with Gasteiger partial charge in [-0.3, -0.25) is 0 Å². The van der Waals surface area contributed by atoms with Gasteiger partial charge in [-0.05, 0) is 65.8 Å². The number of hydrogen-bond donors (Lipinski definition) is 2. The lowest BCUT2D eigenvalue weighted by Crippen LogP contribution is -1.93. The van der Waals surface area contributed by atoms with Gasteiger partial charge in [0, 0.05) is 0 Å². The molecule has 0 radical (unpaired) electrons. The van der Waals surface area contributed by atoms with E-state index in [2.05, 4.69) is 6.07 Å². The van der Waals surface area contributed by atoms with Crippen LogP contribution in [0.2, 0.25) is 0 Å². The predicted molar refractivity (Wildman–Crippen MR) is 81.7 cm³/mol. The first-order chi connectivity index (χ1) is 10.2. The van der Waals surface area contributed by atoms with Gasteiger partial charge in [-0.2, -0.15) is 5.26 Å². The molecule has 0 fully saturated rings. The van der Waals surface area contributed by atoms with Crippen molar-refractivity contribution in [3.05, 3.63) is 58.7 Å². The van der Waals surface area contributed by atoms with Gasteiger partial charge in [0.15, 0.2) is 0 Å². The lowest BCUT2D eigenvalue weighted by molar-refractivity contribution is 0.474. The van der Waals surface area contributed by atoms with Gasteiger partial charge in [-0.15, -0.1) is 0 Å². The number of allylic oxidation sites excluding steroid dienone is 1. The number of hydrogen-bond acceptors (Lipinski definition) is 3. The fraction of sp³-hybridized carbons (Fsp3) is 0.167. The summed E-state index contributed by atoms with van der Waals surface area (Å²) in [7, 11) is 0. The number of nitrogens with zero attached hydrogens (tertiary/aromatic N) is 1. The molecular weight excluding hydrogens is 262 g/mol. The van der Waals surface area contributed by atoms with Crippen LogP contribution in [0.4, 0.5) is 0 Å². The second-order valence-corrected chi connectivity index (χ2v) is 5.24. The van der Waals surface area contributed by atoms with Crippen LogP contribution in [0, 0.1) is 11.3 Å². The van der Waals surface area contributed by atoms with E-state index in [-0.39, 0.29) is 11.5 Å². The summed E-state index contributed by atoms with van der Waals surface area (Å²) in [5.74, 6) is 0.367. The molecule has 21 heavy (non-hydrogen) atoms. The van der Waals surface area contributed by atoms with Crippen molar-refractivity contribution in [2.45, 2.75) is 19.3 Å². The van der Waals surface area contributed by atoms with E-state index < -0.39 is 0 Å². The highest BCUT2D eigenvalue weighted by Gasteiger charge is 2.14. The Morgan fingerprint density at radius 3 is 2.43 bits per heavy atom. The Morgan fingerprint density at radius 1 is 0.952 bits per heavy atom. The second kappa shape index (κ2) is 5.34. The molecule has 1 aliphatic rings. The SMILES string of the molecule is N#Cc1cc(O)cc2c1CCCC(c1ccc(O)cc1)=C2. The van der Waals surface area contributed by atoms with E-state index in [9.17, 15) is 15.5 Å². The molecule has 0 amide bonds. The Labute approximate surface area is 123 Å². The molecule has 0 aromatic heterocycles. The predicted octanol–water partition coefficient (Wildman–Crippen LogP) is 3.85. The smallest absolute Gasteiger partial charge is 0.117 e. The van der Waals surface area contributed by atoms with Gasteiger partial charge < -0.3 is 10.2 Å². The Morgan fingerprint density at radius 2 is 1.71 bits per heavy atom. The molecule has 2 aromatic carbocycles. The van der Waals surface area contributed by atoms with Crippen LogP contribution >= 0.6 is 0 Å². The van der Waals surface area contributed by atoms with Crippen LogP contribution in [0.1, 0.15) is 35.1 Å². The molecular formula is C18H15NO2. The number of benzene rings is 2. The first kappa shape index (κ1) is 13.3. The normalized spacial score (nSPS) is 13.8. The van der Waals surface area contributed by atoms with E-state index in [4.69, 9.17) is 0 Å². The summed E-state index contributed by atoms with van der Waals surface area (Å²) in [5.41, 5.74) is 4.68. The Hall–Kier alpha value is -2.73. The summed E-state index contributed by atoms with van der Waals surface area (Å²) in [5, 5.41) is 28.4. The van der Waals surface area contributed by atoms with Gasteiger partial charge in [0.1, 0.15) is 11.5 Å². The van der Waals surface area contributed by atoms with Gasteiger partial charge in [-0.25, -0.2) is 0 Å². The fourth-order valence-corrected chi connectivity index (χ4v) is 2.80. The molecule has 2 N–H and O–H groups in total. The third kappa shape index (κ3) is 2.61. The zero-order valence-electron chi connectivity index (χ0n) is 11.5. The molecule has 104 valence electrons. The van der Waals surface area contributed by atoms with Crippen LogP contribution in [0.25, 0.3) is 11.6 Å². The van der Waals surface area contributed by atoms with Crippen LogP contribution in [0.5, 0.6) is 11.5 Å². The minimum Gasteiger partial charge on any atom is -0.508 e. The quantitative estimate of drug-likeness (QED) is 0.832. The molecule has 0 aliphatic heterocycles. The lowest BCUT2D eigenvalue weighted by atomic mass is 9.98. The van der Waals surface area contributed by atoms with Crippen LogP contribution in [-0.2, 0) is 6.42 Å². The van der Waals surface area contributed by atoms with Crippen molar-refractivity contribution in [2.24, 2.45) is 0 Å². The number of rotatable bonds is 1. The number of aromatic hydroxyl groups is 2. The maximum Gasteiger partial charge on any atom is 0.117 e. The fourth-order valence-electron chi connectivity index (χ4n) is 2.80. The summed E-state index contributed by atoms with van der Waals surface area (Å²) in [6.45, 7) is 0. The van der Waals surface area contributed by atoms with Crippen LogP contribution in [0.15, 0.2) is 36.4 Å². The lowest BCUT2D eigenvalue weighted by Gasteiger charge is -2.07. The highest BCUT2D eigenvalue weighted by molar-refractivity contribution is 5.84. The topological polar surface area (TPSA) is 64.2 Å². The molecule has 0 heterocycles. The summed E-state index contributed by atoms with van der Waals surface area (Å²) >= 11 is 0. The molecule has 0 unspecified atom stereocenters. The van der Waals surface area contributed by atoms with Crippen molar-refractivity contribution >= 4 is 11.6 Å². The third-order valence-electron chi connectivity index (χ3n) is 3.83. The zero-order valence-corrected chi connectivity index (χ0v) is 11.5. The van der Waals surface area contributed by atoms with Crippen LogP contribution < -0.4 is 0 Å². The highest BCUT2D eigenvalue weighted by atomic mass is 16.3. The monoisotopic (exact) mass is 277 g/mol. The zero-order chi connectivity index (χ0) is 14.8. The molecule has 2 aromatic rings. The highest BCUT2D eigenvalue weighted by Crippen LogP contribution is 2.33. The van der Waals surface area contributed by atoms with Gasteiger partial charge >= 0.3 is 0 Å². The summed E-state index contributed by atoms with van der Waals surface area (Å²) in [6, 6.07) is 12.5. The number of nitriles is 1. The van der Waals surface area contributed by atoms with E-state index in [0.717, 1.165) is 41.5 Å². The van der Waals surface area contributed by atoms with E-state index in [1.165, 1.54) is 6.07 Å². The molecule has 3 nitrogen and oxygen atoms in total. The van der Waals surface area contributed by atoms with Gasteiger partial charge in [0.25, 0.3) is 0 Å². The van der Waals surface area contributed by atoms with Crippen molar-refractivity contribution in [3.63, 3.8) is 0 Å². The average Bonchev–Trinajstić information content (AvgIpc) is 2.69. The third-order valence-corrected chi connectivity index (χ3v) is 3.83. The van der Waals surface area contributed by atoms with E-state index in [1.807, 2.05) is 18.2 Å². The molecule has 1 aliphatic carbocycles. The van der Waals surface area contributed by atoms with Crippen molar-refractivity contribution in [2.75, 3.05) is 0 Å². The van der Waals surface area contributed by atoms with E-state index in [1.54, 1.807) is 18.2 Å². The average molecular weight is 277 g/mol. The number of fused-ring (bicyclic) bond motifs is 1.